The minimum Gasteiger partial charge on any atom is -0.381 e. The van der Waals surface area contributed by atoms with Gasteiger partial charge in [-0.2, -0.15) is 0 Å². The monoisotopic (exact) mass is 280 g/mol. The number of hydrogen-bond donors (Lipinski definition) is 0. The van der Waals surface area contributed by atoms with Crippen molar-refractivity contribution in [3.63, 3.8) is 0 Å². The first-order chi connectivity index (χ1) is 9.75. The van der Waals surface area contributed by atoms with Crippen LogP contribution in [0, 0.1) is 11.8 Å². The second-order valence-corrected chi connectivity index (χ2v) is 6.19. The molecule has 0 radical (unpaired) electrons. The molecule has 3 aliphatic rings. The van der Waals surface area contributed by atoms with E-state index in [1.807, 2.05) is 9.80 Å². The van der Waals surface area contributed by atoms with Crippen LogP contribution in [0.1, 0.15) is 32.1 Å². The van der Waals surface area contributed by atoms with Gasteiger partial charge in [-0.05, 0) is 25.7 Å². The zero-order valence-corrected chi connectivity index (χ0v) is 12.1. The van der Waals surface area contributed by atoms with Gasteiger partial charge in [0, 0.05) is 38.7 Å². The third kappa shape index (κ3) is 2.82. The molecule has 0 aromatic carbocycles. The van der Waals surface area contributed by atoms with Gasteiger partial charge in [-0.25, -0.2) is 0 Å². The van der Waals surface area contributed by atoms with Crippen molar-refractivity contribution in [3.05, 3.63) is 0 Å². The van der Waals surface area contributed by atoms with Gasteiger partial charge in [0.15, 0.2) is 0 Å². The van der Waals surface area contributed by atoms with Crippen LogP contribution in [0.15, 0.2) is 0 Å². The van der Waals surface area contributed by atoms with Gasteiger partial charge in [-0.15, -0.1) is 0 Å². The molecule has 1 saturated carbocycles. The van der Waals surface area contributed by atoms with Crippen LogP contribution in [0.5, 0.6) is 0 Å². The summed E-state index contributed by atoms with van der Waals surface area (Å²) in [7, 11) is 0. The number of nitrogens with zero attached hydrogens (tertiary/aromatic N) is 2. The second-order valence-electron chi connectivity index (χ2n) is 6.19. The van der Waals surface area contributed by atoms with Crippen molar-refractivity contribution < 1.29 is 14.3 Å². The fourth-order valence-electron chi connectivity index (χ4n) is 3.26. The number of carbonyl (C=O) groups excluding carboxylic acids is 2. The van der Waals surface area contributed by atoms with Crippen LogP contribution in [0.3, 0.4) is 0 Å². The summed E-state index contributed by atoms with van der Waals surface area (Å²) >= 11 is 0. The molecule has 2 aliphatic heterocycles. The van der Waals surface area contributed by atoms with Crippen LogP contribution >= 0.6 is 0 Å². The van der Waals surface area contributed by atoms with E-state index < -0.39 is 0 Å². The summed E-state index contributed by atoms with van der Waals surface area (Å²) in [6, 6.07) is 0. The van der Waals surface area contributed by atoms with E-state index in [-0.39, 0.29) is 17.7 Å². The van der Waals surface area contributed by atoms with Crippen molar-refractivity contribution in [1.82, 2.24) is 9.80 Å². The molecule has 0 bridgehead atoms. The molecule has 2 saturated heterocycles. The Balaban J connectivity index is 1.53. The fraction of sp³-hybridized carbons (Fsp3) is 0.867. The van der Waals surface area contributed by atoms with E-state index in [1.54, 1.807) is 0 Å². The smallest absolute Gasteiger partial charge is 0.228 e. The summed E-state index contributed by atoms with van der Waals surface area (Å²) in [4.78, 5) is 28.6. The Bertz CT molecular complexity index is 375. The Morgan fingerprint density at radius 3 is 1.95 bits per heavy atom. The number of carbonyl (C=O) groups is 2. The van der Waals surface area contributed by atoms with E-state index in [0.29, 0.717) is 32.2 Å². The molecule has 0 aromatic rings. The summed E-state index contributed by atoms with van der Waals surface area (Å²) < 4.78 is 5.30. The molecule has 0 spiro atoms. The van der Waals surface area contributed by atoms with Gasteiger partial charge in [0.25, 0.3) is 0 Å². The SMILES string of the molecule is O=C(C1CCC1)N1CCCN(C(=O)[C@@H]2CCOC2)CC1. The number of hydrogen-bond acceptors (Lipinski definition) is 3. The molecule has 3 fully saturated rings. The van der Waals surface area contributed by atoms with Crippen LogP contribution in [-0.4, -0.2) is 61.0 Å². The molecule has 112 valence electrons. The molecule has 1 aliphatic carbocycles. The van der Waals surface area contributed by atoms with Crippen molar-refractivity contribution in [2.45, 2.75) is 32.1 Å². The Kier molecular flexibility index (Phi) is 4.24. The van der Waals surface area contributed by atoms with Crippen molar-refractivity contribution in [1.29, 1.82) is 0 Å². The average Bonchev–Trinajstić information content (AvgIpc) is 2.80. The minimum atomic E-state index is 0.0453. The van der Waals surface area contributed by atoms with E-state index in [9.17, 15) is 9.59 Å². The molecular weight excluding hydrogens is 256 g/mol. The first-order valence-electron chi connectivity index (χ1n) is 7.91. The van der Waals surface area contributed by atoms with Crippen LogP contribution in [-0.2, 0) is 14.3 Å². The first-order valence-corrected chi connectivity index (χ1v) is 7.91. The van der Waals surface area contributed by atoms with E-state index in [1.165, 1.54) is 6.42 Å². The third-order valence-corrected chi connectivity index (χ3v) is 4.85. The predicted octanol–water partition coefficient (Wildman–Crippen LogP) is 0.884. The zero-order valence-electron chi connectivity index (χ0n) is 12.1. The Labute approximate surface area is 120 Å². The highest BCUT2D eigenvalue weighted by Crippen LogP contribution is 2.28. The standard InChI is InChI=1S/C15H24N2O3/c18-14(12-3-1-4-12)16-6-2-7-17(9-8-16)15(19)13-5-10-20-11-13/h12-13H,1-11H2/t13-/m1/s1. The van der Waals surface area contributed by atoms with Gasteiger partial charge in [0.2, 0.25) is 11.8 Å². The third-order valence-electron chi connectivity index (χ3n) is 4.85. The van der Waals surface area contributed by atoms with Crippen LogP contribution in [0.2, 0.25) is 0 Å². The van der Waals surface area contributed by atoms with Crippen molar-refractivity contribution in [2.75, 3.05) is 39.4 Å². The van der Waals surface area contributed by atoms with Crippen molar-refractivity contribution in [2.24, 2.45) is 11.8 Å². The van der Waals surface area contributed by atoms with Crippen molar-refractivity contribution >= 4 is 11.8 Å². The number of amides is 2. The molecule has 5 nitrogen and oxygen atoms in total. The second kappa shape index (κ2) is 6.12. The Morgan fingerprint density at radius 2 is 1.45 bits per heavy atom. The highest BCUT2D eigenvalue weighted by molar-refractivity contribution is 5.81. The van der Waals surface area contributed by atoms with Crippen LogP contribution < -0.4 is 0 Å². The van der Waals surface area contributed by atoms with E-state index >= 15 is 0 Å². The molecular formula is C15H24N2O3. The highest BCUT2D eigenvalue weighted by atomic mass is 16.5. The van der Waals surface area contributed by atoms with Crippen LogP contribution in [0.4, 0.5) is 0 Å². The summed E-state index contributed by atoms with van der Waals surface area (Å²) in [6.07, 6.45) is 5.04. The lowest BCUT2D eigenvalue weighted by molar-refractivity contribution is -0.139. The Morgan fingerprint density at radius 1 is 0.800 bits per heavy atom. The highest BCUT2D eigenvalue weighted by Gasteiger charge is 2.32. The largest absolute Gasteiger partial charge is 0.381 e. The van der Waals surface area contributed by atoms with E-state index in [0.717, 1.165) is 38.8 Å². The average molecular weight is 280 g/mol. The number of ether oxygens (including phenoxy) is 1. The van der Waals surface area contributed by atoms with E-state index in [2.05, 4.69) is 0 Å². The molecule has 5 heteroatoms. The van der Waals surface area contributed by atoms with Gasteiger partial charge >= 0.3 is 0 Å². The fourth-order valence-corrected chi connectivity index (χ4v) is 3.26. The minimum absolute atomic E-state index is 0.0453. The lowest BCUT2D eigenvalue weighted by Crippen LogP contribution is -2.42. The maximum atomic E-state index is 12.4. The van der Waals surface area contributed by atoms with Crippen molar-refractivity contribution in [3.8, 4) is 0 Å². The molecule has 20 heavy (non-hydrogen) atoms. The topological polar surface area (TPSA) is 49.9 Å². The summed E-state index contributed by atoms with van der Waals surface area (Å²) in [6.45, 7) is 4.25. The van der Waals surface area contributed by atoms with Crippen LogP contribution in [0.25, 0.3) is 0 Å². The lowest BCUT2D eigenvalue weighted by Gasteiger charge is -2.31. The van der Waals surface area contributed by atoms with Gasteiger partial charge in [0.1, 0.15) is 0 Å². The lowest BCUT2D eigenvalue weighted by atomic mass is 9.84. The summed E-state index contributed by atoms with van der Waals surface area (Å²) in [5.41, 5.74) is 0. The summed E-state index contributed by atoms with van der Waals surface area (Å²) in [5.74, 6) is 0.847. The Hall–Kier alpha value is -1.10. The maximum Gasteiger partial charge on any atom is 0.228 e. The normalized spacial score (nSPS) is 28.1. The van der Waals surface area contributed by atoms with E-state index in [4.69, 9.17) is 4.74 Å². The zero-order chi connectivity index (χ0) is 13.9. The predicted molar refractivity (Wildman–Crippen MR) is 74.0 cm³/mol. The van der Waals surface area contributed by atoms with Gasteiger partial charge in [-0.3, -0.25) is 9.59 Å². The molecule has 1 atom stereocenters. The molecule has 2 heterocycles. The maximum absolute atomic E-state index is 12.4. The van der Waals surface area contributed by atoms with Gasteiger partial charge in [-0.1, -0.05) is 6.42 Å². The molecule has 3 rings (SSSR count). The van der Waals surface area contributed by atoms with Gasteiger partial charge < -0.3 is 14.5 Å². The first kappa shape index (κ1) is 13.9. The molecule has 0 N–H and O–H groups in total. The molecule has 0 aromatic heterocycles. The molecule has 0 unspecified atom stereocenters. The quantitative estimate of drug-likeness (QED) is 0.754. The molecule has 2 amide bonds. The summed E-state index contributed by atoms with van der Waals surface area (Å²) in [5, 5.41) is 0. The number of rotatable bonds is 2. The van der Waals surface area contributed by atoms with Gasteiger partial charge in [0.05, 0.1) is 12.5 Å².